The van der Waals surface area contributed by atoms with Gasteiger partial charge in [-0.15, -0.1) is 0 Å². The maximum absolute atomic E-state index is 12.7. The molecule has 0 amide bonds. The number of hydrogen-bond donors (Lipinski definition) is 0. The first kappa shape index (κ1) is 15.8. The lowest BCUT2D eigenvalue weighted by Gasteiger charge is -2.25. The first-order valence-corrected chi connectivity index (χ1v) is 7.59. The molecule has 5 nitrogen and oxygen atoms in total. The van der Waals surface area contributed by atoms with Crippen LogP contribution in [-0.4, -0.2) is 9.13 Å². The van der Waals surface area contributed by atoms with Crippen molar-refractivity contribution >= 4 is 0 Å². The molecule has 0 unspecified atom stereocenters. The zero-order chi connectivity index (χ0) is 17.3. The SMILES string of the molecule is Cn1c([O-])c(C(c2ccccc2)c2ccccc2)c(=O)n(C)c1=O. The standard InChI is InChI=1S/C19H18N2O3/c1-20-17(22)16(18(23)21(2)19(20)24)15(13-9-5-3-6-10-13)14-11-7-4-8-12-14/h3-12,15,22H,1-2H3/p-1. The van der Waals surface area contributed by atoms with E-state index >= 15 is 0 Å². The average molecular weight is 321 g/mol. The van der Waals surface area contributed by atoms with Crippen LogP contribution in [0.4, 0.5) is 0 Å². The average Bonchev–Trinajstić information content (AvgIpc) is 2.63. The Labute approximate surface area is 139 Å². The highest BCUT2D eigenvalue weighted by atomic mass is 16.3. The van der Waals surface area contributed by atoms with E-state index in [9.17, 15) is 14.7 Å². The van der Waals surface area contributed by atoms with Crippen molar-refractivity contribution in [1.82, 2.24) is 9.13 Å². The molecule has 0 bridgehead atoms. The molecule has 0 saturated carbocycles. The first-order chi connectivity index (χ1) is 11.5. The number of nitrogens with zero attached hydrogens (tertiary/aromatic N) is 2. The van der Waals surface area contributed by atoms with Crippen LogP contribution in [0, 0.1) is 0 Å². The molecule has 1 aromatic heterocycles. The fourth-order valence-electron chi connectivity index (χ4n) is 2.92. The predicted molar refractivity (Wildman–Crippen MR) is 90.2 cm³/mol. The molecular formula is C19H17N2O3-. The molecular weight excluding hydrogens is 304 g/mol. The molecule has 0 fully saturated rings. The van der Waals surface area contributed by atoms with Crippen LogP contribution < -0.4 is 16.4 Å². The maximum atomic E-state index is 12.7. The van der Waals surface area contributed by atoms with E-state index in [2.05, 4.69) is 0 Å². The number of hydrogen-bond acceptors (Lipinski definition) is 3. The summed E-state index contributed by atoms with van der Waals surface area (Å²) in [6.45, 7) is 0. The summed E-state index contributed by atoms with van der Waals surface area (Å²) in [5, 5.41) is 12.7. The Morgan fingerprint density at radius 1 is 0.792 bits per heavy atom. The van der Waals surface area contributed by atoms with Crippen LogP contribution in [0.25, 0.3) is 0 Å². The summed E-state index contributed by atoms with van der Waals surface area (Å²) in [6.07, 6.45) is 0. The van der Waals surface area contributed by atoms with E-state index in [4.69, 9.17) is 0 Å². The molecule has 0 N–H and O–H groups in total. The molecule has 0 spiro atoms. The third-order valence-corrected chi connectivity index (χ3v) is 4.20. The summed E-state index contributed by atoms with van der Waals surface area (Å²) in [4.78, 5) is 24.7. The van der Waals surface area contributed by atoms with Crippen LogP contribution in [-0.2, 0) is 14.1 Å². The lowest BCUT2D eigenvalue weighted by molar-refractivity contribution is -0.281. The predicted octanol–water partition coefficient (Wildman–Crippen LogP) is 1.34. The van der Waals surface area contributed by atoms with Crippen LogP contribution in [0.3, 0.4) is 0 Å². The van der Waals surface area contributed by atoms with Crippen LogP contribution in [0.15, 0.2) is 70.3 Å². The van der Waals surface area contributed by atoms with E-state index in [1.54, 1.807) is 0 Å². The van der Waals surface area contributed by atoms with Crippen molar-refractivity contribution in [2.75, 3.05) is 0 Å². The normalized spacial score (nSPS) is 11.0. The molecule has 3 rings (SSSR count). The molecule has 5 heteroatoms. The Hall–Kier alpha value is -3.08. The molecule has 1 heterocycles. The van der Waals surface area contributed by atoms with Crippen molar-refractivity contribution in [2.24, 2.45) is 14.1 Å². The molecule has 0 atom stereocenters. The molecule has 0 radical (unpaired) electrons. The second-order valence-electron chi connectivity index (χ2n) is 5.68. The van der Waals surface area contributed by atoms with E-state index < -0.39 is 23.0 Å². The van der Waals surface area contributed by atoms with Gasteiger partial charge in [-0.2, -0.15) is 0 Å². The van der Waals surface area contributed by atoms with Gasteiger partial charge in [-0.1, -0.05) is 60.7 Å². The summed E-state index contributed by atoms with van der Waals surface area (Å²) >= 11 is 0. The van der Waals surface area contributed by atoms with Gasteiger partial charge in [0.05, 0.1) is 0 Å². The molecule has 24 heavy (non-hydrogen) atoms. The number of aromatic nitrogens is 2. The fourth-order valence-corrected chi connectivity index (χ4v) is 2.92. The van der Waals surface area contributed by atoms with E-state index in [1.165, 1.54) is 14.1 Å². The highest BCUT2D eigenvalue weighted by Crippen LogP contribution is 2.32. The molecule has 0 aliphatic heterocycles. The van der Waals surface area contributed by atoms with Crippen molar-refractivity contribution < 1.29 is 5.11 Å². The minimum atomic E-state index is -0.617. The smallest absolute Gasteiger partial charge is 0.329 e. The summed E-state index contributed by atoms with van der Waals surface area (Å²) < 4.78 is 1.96. The van der Waals surface area contributed by atoms with Gasteiger partial charge in [0.15, 0.2) is 0 Å². The Bertz CT molecular complexity index is 934. The van der Waals surface area contributed by atoms with Crippen molar-refractivity contribution in [1.29, 1.82) is 0 Å². The number of rotatable bonds is 3. The van der Waals surface area contributed by atoms with Gasteiger partial charge in [0.1, 0.15) is 0 Å². The molecule has 0 aliphatic rings. The van der Waals surface area contributed by atoms with E-state index in [1.807, 2.05) is 60.7 Å². The number of benzene rings is 2. The molecule has 2 aromatic carbocycles. The lowest BCUT2D eigenvalue weighted by atomic mass is 9.86. The van der Waals surface area contributed by atoms with Crippen molar-refractivity contribution in [3.63, 3.8) is 0 Å². The van der Waals surface area contributed by atoms with Gasteiger partial charge in [0.25, 0.3) is 5.56 Å². The van der Waals surface area contributed by atoms with Gasteiger partial charge >= 0.3 is 5.69 Å². The second kappa shape index (κ2) is 6.20. The maximum Gasteiger partial charge on any atom is 0.329 e. The quantitative estimate of drug-likeness (QED) is 0.731. The lowest BCUT2D eigenvalue weighted by Crippen LogP contribution is -2.41. The zero-order valence-corrected chi connectivity index (χ0v) is 13.5. The largest absolute Gasteiger partial charge is 0.860 e. The molecule has 122 valence electrons. The monoisotopic (exact) mass is 321 g/mol. The van der Waals surface area contributed by atoms with E-state index in [0.29, 0.717) is 0 Å². The Morgan fingerprint density at radius 2 is 1.25 bits per heavy atom. The van der Waals surface area contributed by atoms with Crippen molar-refractivity contribution in [2.45, 2.75) is 5.92 Å². The Balaban J connectivity index is 2.37. The van der Waals surface area contributed by atoms with Crippen molar-refractivity contribution in [3.05, 3.63) is 98.2 Å². The topological polar surface area (TPSA) is 67.1 Å². The Kier molecular flexibility index (Phi) is 4.08. The minimum Gasteiger partial charge on any atom is -0.860 e. The van der Waals surface area contributed by atoms with Crippen LogP contribution in [0.5, 0.6) is 5.88 Å². The van der Waals surface area contributed by atoms with Gasteiger partial charge in [0, 0.05) is 25.6 Å². The van der Waals surface area contributed by atoms with Gasteiger partial charge < -0.3 is 9.67 Å². The third kappa shape index (κ3) is 2.54. The summed E-state index contributed by atoms with van der Waals surface area (Å²) in [5.74, 6) is -1.08. The summed E-state index contributed by atoms with van der Waals surface area (Å²) in [6, 6.07) is 18.7. The highest BCUT2D eigenvalue weighted by Gasteiger charge is 2.23. The molecule has 0 saturated heterocycles. The highest BCUT2D eigenvalue weighted by molar-refractivity contribution is 5.45. The first-order valence-electron chi connectivity index (χ1n) is 7.59. The van der Waals surface area contributed by atoms with Crippen LogP contribution in [0.1, 0.15) is 22.6 Å². The van der Waals surface area contributed by atoms with Crippen LogP contribution >= 0.6 is 0 Å². The second-order valence-corrected chi connectivity index (χ2v) is 5.68. The van der Waals surface area contributed by atoms with Gasteiger partial charge in [0.2, 0.25) is 0 Å². The third-order valence-electron chi connectivity index (χ3n) is 4.20. The van der Waals surface area contributed by atoms with Gasteiger partial charge in [-0.25, -0.2) is 4.79 Å². The zero-order valence-electron chi connectivity index (χ0n) is 13.5. The van der Waals surface area contributed by atoms with E-state index in [0.717, 1.165) is 20.3 Å². The molecule has 0 aliphatic carbocycles. The molecule has 3 aromatic rings. The summed E-state index contributed by atoms with van der Waals surface area (Å²) in [5.41, 5.74) is 0.569. The van der Waals surface area contributed by atoms with Gasteiger partial charge in [-0.05, 0) is 17.0 Å². The fraction of sp³-hybridized carbons (Fsp3) is 0.158. The van der Waals surface area contributed by atoms with E-state index in [-0.39, 0.29) is 5.56 Å². The van der Waals surface area contributed by atoms with Crippen LogP contribution in [0.2, 0.25) is 0 Å². The minimum absolute atomic E-state index is 0.0806. The Morgan fingerprint density at radius 3 is 1.71 bits per heavy atom. The summed E-state index contributed by atoms with van der Waals surface area (Å²) in [7, 11) is 2.78. The van der Waals surface area contributed by atoms with Gasteiger partial charge in [-0.3, -0.25) is 9.36 Å². The van der Waals surface area contributed by atoms with Crippen molar-refractivity contribution in [3.8, 4) is 5.88 Å².